The van der Waals surface area contributed by atoms with Gasteiger partial charge in [0.2, 0.25) is 11.8 Å². The zero-order valence-corrected chi connectivity index (χ0v) is 12.5. The first-order valence-electron chi connectivity index (χ1n) is 6.31. The molecule has 0 spiro atoms. The van der Waals surface area contributed by atoms with Gasteiger partial charge in [-0.3, -0.25) is 9.59 Å². The fourth-order valence-electron chi connectivity index (χ4n) is 1.64. The van der Waals surface area contributed by atoms with Gasteiger partial charge in [-0.15, -0.1) is 12.4 Å². The average Bonchev–Trinajstić information content (AvgIpc) is 2.37. The molecule has 0 heterocycles. The summed E-state index contributed by atoms with van der Waals surface area (Å²) in [5.74, 6) is -0.909. The second-order valence-corrected chi connectivity index (χ2v) is 4.92. The van der Waals surface area contributed by atoms with Gasteiger partial charge in [0.05, 0.1) is 6.04 Å². The Morgan fingerprint density at radius 3 is 2.20 bits per heavy atom. The van der Waals surface area contributed by atoms with Gasteiger partial charge in [0, 0.05) is 6.42 Å². The number of rotatable bonds is 6. The van der Waals surface area contributed by atoms with Crippen LogP contribution in [0.15, 0.2) is 30.3 Å². The Labute approximate surface area is 125 Å². The van der Waals surface area contributed by atoms with Crippen molar-refractivity contribution < 1.29 is 9.59 Å². The minimum atomic E-state index is -0.736. The Morgan fingerprint density at radius 1 is 1.20 bits per heavy atom. The van der Waals surface area contributed by atoms with E-state index in [-0.39, 0.29) is 24.2 Å². The van der Waals surface area contributed by atoms with Crippen molar-refractivity contribution in [3.63, 3.8) is 0 Å². The quantitative estimate of drug-likeness (QED) is 0.717. The van der Waals surface area contributed by atoms with Gasteiger partial charge in [0.1, 0.15) is 6.04 Å². The maximum Gasteiger partial charge on any atom is 0.240 e. The van der Waals surface area contributed by atoms with Crippen LogP contribution < -0.4 is 16.8 Å². The molecule has 1 rings (SSSR count). The fourth-order valence-corrected chi connectivity index (χ4v) is 1.64. The van der Waals surface area contributed by atoms with E-state index in [0.717, 1.165) is 5.56 Å². The molecule has 1 aromatic carbocycles. The Balaban J connectivity index is 0.00000361. The van der Waals surface area contributed by atoms with E-state index in [4.69, 9.17) is 11.5 Å². The van der Waals surface area contributed by atoms with Crippen molar-refractivity contribution in [1.82, 2.24) is 5.32 Å². The average molecular weight is 300 g/mol. The van der Waals surface area contributed by atoms with Crippen LogP contribution >= 0.6 is 12.4 Å². The zero-order valence-electron chi connectivity index (χ0n) is 11.7. The molecule has 20 heavy (non-hydrogen) atoms. The lowest BCUT2D eigenvalue weighted by Crippen LogP contribution is -2.52. The van der Waals surface area contributed by atoms with Crippen molar-refractivity contribution >= 4 is 24.2 Å². The first-order valence-corrected chi connectivity index (χ1v) is 6.31. The summed E-state index contributed by atoms with van der Waals surface area (Å²) in [5.41, 5.74) is 12.0. The predicted molar refractivity (Wildman–Crippen MR) is 81.3 cm³/mol. The van der Waals surface area contributed by atoms with E-state index < -0.39 is 18.0 Å². The first kappa shape index (κ1) is 18.4. The predicted octanol–water partition coefficient (Wildman–Crippen LogP) is 0.604. The summed E-state index contributed by atoms with van der Waals surface area (Å²) in [6.07, 6.45) is 0.368. The van der Waals surface area contributed by atoms with Crippen LogP contribution in [-0.4, -0.2) is 23.9 Å². The van der Waals surface area contributed by atoms with E-state index >= 15 is 0 Å². The maximum atomic E-state index is 11.8. The van der Waals surface area contributed by atoms with Crippen LogP contribution in [-0.2, 0) is 16.0 Å². The first-order chi connectivity index (χ1) is 8.91. The smallest absolute Gasteiger partial charge is 0.240 e. The highest BCUT2D eigenvalue weighted by Crippen LogP contribution is 2.04. The van der Waals surface area contributed by atoms with Crippen molar-refractivity contribution in [1.29, 1.82) is 0 Å². The molecule has 0 saturated carbocycles. The van der Waals surface area contributed by atoms with Crippen LogP contribution in [0.25, 0.3) is 0 Å². The molecular formula is C14H22ClN3O2. The largest absolute Gasteiger partial charge is 0.368 e. The van der Waals surface area contributed by atoms with Crippen LogP contribution in [0.5, 0.6) is 0 Å². The highest BCUT2D eigenvalue weighted by molar-refractivity contribution is 5.89. The second-order valence-electron chi connectivity index (χ2n) is 4.92. The molecule has 0 radical (unpaired) electrons. The number of amides is 2. The van der Waals surface area contributed by atoms with Crippen LogP contribution in [0.2, 0.25) is 0 Å². The van der Waals surface area contributed by atoms with Gasteiger partial charge in [-0.05, 0) is 11.5 Å². The van der Waals surface area contributed by atoms with Crippen LogP contribution in [0.3, 0.4) is 0 Å². The highest BCUT2D eigenvalue weighted by atomic mass is 35.5. The molecule has 112 valence electrons. The van der Waals surface area contributed by atoms with Crippen molar-refractivity contribution in [3.8, 4) is 0 Å². The number of primary amides is 1. The van der Waals surface area contributed by atoms with Gasteiger partial charge in [0.25, 0.3) is 0 Å². The number of benzene rings is 1. The van der Waals surface area contributed by atoms with Gasteiger partial charge in [0.15, 0.2) is 0 Å². The molecule has 0 aliphatic rings. The number of carbonyl (C=O) groups excluding carboxylic acids is 2. The third-order valence-corrected chi connectivity index (χ3v) is 2.96. The van der Waals surface area contributed by atoms with Gasteiger partial charge >= 0.3 is 0 Å². The van der Waals surface area contributed by atoms with Crippen molar-refractivity contribution in [2.45, 2.75) is 32.4 Å². The van der Waals surface area contributed by atoms with Crippen LogP contribution in [0.1, 0.15) is 19.4 Å². The highest BCUT2D eigenvalue weighted by Gasteiger charge is 2.23. The summed E-state index contributed by atoms with van der Waals surface area (Å²) < 4.78 is 0. The molecule has 6 heteroatoms. The lowest BCUT2D eigenvalue weighted by atomic mass is 10.0. The van der Waals surface area contributed by atoms with E-state index in [1.54, 1.807) is 0 Å². The number of carbonyl (C=O) groups is 2. The Bertz CT molecular complexity index is 437. The van der Waals surface area contributed by atoms with Crippen molar-refractivity contribution in [2.75, 3.05) is 0 Å². The fraction of sp³-hybridized carbons (Fsp3) is 0.429. The summed E-state index contributed by atoms with van der Waals surface area (Å²) in [7, 11) is 0. The molecule has 5 nitrogen and oxygen atoms in total. The molecule has 0 aliphatic heterocycles. The summed E-state index contributed by atoms with van der Waals surface area (Å²) in [6.45, 7) is 3.70. The Kier molecular flexibility index (Phi) is 7.87. The van der Waals surface area contributed by atoms with Gasteiger partial charge in [-0.2, -0.15) is 0 Å². The normalized spacial score (nSPS) is 13.2. The minimum Gasteiger partial charge on any atom is -0.368 e. The molecule has 2 amide bonds. The Morgan fingerprint density at radius 2 is 1.75 bits per heavy atom. The number of nitrogens with two attached hydrogens (primary N) is 2. The molecule has 1 aromatic rings. The molecule has 0 aliphatic carbocycles. The van der Waals surface area contributed by atoms with E-state index in [1.165, 1.54) is 0 Å². The summed E-state index contributed by atoms with van der Waals surface area (Å²) in [4.78, 5) is 23.2. The molecule has 5 N–H and O–H groups in total. The van der Waals surface area contributed by atoms with E-state index in [9.17, 15) is 9.59 Å². The second kappa shape index (κ2) is 8.55. The summed E-state index contributed by atoms with van der Waals surface area (Å²) >= 11 is 0. The molecule has 0 bridgehead atoms. The third kappa shape index (κ3) is 5.59. The molecule has 0 saturated heterocycles. The van der Waals surface area contributed by atoms with Crippen molar-refractivity contribution in [3.05, 3.63) is 35.9 Å². The van der Waals surface area contributed by atoms with E-state index in [1.807, 2.05) is 44.2 Å². The molecule has 0 aromatic heterocycles. The molecule has 0 unspecified atom stereocenters. The molecule has 0 fully saturated rings. The Hall–Kier alpha value is -1.59. The maximum absolute atomic E-state index is 11.8. The summed E-state index contributed by atoms with van der Waals surface area (Å²) in [5, 5.41) is 2.61. The van der Waals surface area contributed by atoms with Crippen LogP contribution in [0.4, 0.5) is 0 Å². The lowest BCUT2D eigenvalue weighted by Gasteiger charge is -2.20. The monoisotopic (exact) mass is 299 g/mol. The number of hydrogen-bond donors (Lipinski definition) is 3. The van der Waals surface area contributed by atoms with Crippen molar-refractivity contribution in [2.24, 2.45) is 17.4 Å². The number of halogens is 1. The van der Waals surface area contributed by atoms with Crippen LogP contribution in [0, 0.1) is 5.92 Å². The van der Waals surface area contributed by atoms with Gasteiger partial charge in [-0.1, -0.05) is 44.2 Å². The van der Waals surface area contributed by atoms with E-state index in [0.29, 0.717) is 6.42 Å². The topological polar surface area (TPSA) is 98.2 Å². The zero-order chi connectivity index (χ0) is 14.4. The summed E-state index contributed by atoms with van der Waals surface area (Å²) in [6, 6.07) is 8.01. The molecular weight excluding hydrogens is 278 g/mol. The SMILES string of the molecule is CC(C)[C@H](N)C(=O)N[C@H](Cc1ccccc1)C(N)=O.Cl. The van der Waals surface area contributed by atoms with Gasteiger partial charge in [-0.25, -0.2) is 0 Å². The third-order valence-electron chi connectivity index (χ3n) is 2.96. The number of hydrogen-bond acceptors (Lipinski definition) is 3. The van der Waals surface area contributed by atoms with Gasteiger partial charge < -0.3 is 16.8 Å². The minimum absolute atomic E-state index is 0. The molecule has 2 atom stereocenters. The van der Waals surface area contributed by atoms with E-state index in [2.05, 4.69) is 5.32 Å². The number of nitrogens with one attached hydrogen (secondary N) is 1. The standard InChI is InChI=1S/C14H21N3O2.ClH/c1-9(2)12(15)14(19)17-11(13(16)18)8-10-6-4-3-5-7-10;/h3-7,9,11-12H,8,15H2,1-2H3,(H2,16,18)(H,17,19);1H/t11-,12+;/m1./s1. The lowest BCUT2D eigenvalue weighted by molar-refractivity contribution is -0.128.